The highest BCUT2D eigenvalue weighted by atomic mass is 35.5. The molecule has 0 fully saturated rings. The Morgan fingerprint density at radius 1 is 1.22 bits per heavy atom. The molecule has 1 aliphatic rings. The summed E-state index contributed by atoms with van der Waals surface area (Å²) < 4.78 is 39.3. The summed E-state index contributed by atoms with van der Waals surface area (Å²) in [6.45, 7) is 0. The standard InChI is InChI=1S/C21H18Cl2FN3O4S/c1-27(21(29)18-15(23)4-3-5-16(18)24)20-17(32(2,30)31)9-12(10-26-20)13-8-11(19(25)28)6-7-14(13)22/h5-10H,3-4H2,1-2H3,(H2,25,28). The summed E-state index contributed by atoms with van der Waals surface area (Å²) in [5.74, 6) is -2.50. The molecule has 2 N–H and O–H groups in total. The van der Waals surface area contributed by atoms with Crippen molar-refractivity contribution in [1.82, 2.24) is 4.98 Å². The molecule has 0 unspecified atom stereocenters. The lowest BCUT2D eigenvalue weighted by Gasteiger charge is -2.22. The van der Waals surface area contributed by atoms with Crippen LogP contribution in [0.25, 0.3) is 11.1 Å². The molecule has 0 saturated heterocycles. The van der Waals surface area contributed by atoms with Gasteiger partial charge >= 0.3 is 0 Å². The summed E-state index contributed by atoms with van der Waals surface area (Å²) in [5.41, 5.74) is 5.76. The Balaban J connectivity index is 2.14. The third kappa shape index (κ3) is 4.69. The van der Waals surface area contributed by atoms with Gasteiger partial charge in [-0.3, -0.25) is 14.5 Å². The Labute approximate surface area is 194 Å². The summed E-state index contributed by atoms with van der Waals surface area (Å²) in [5, 5.41) is 0.286. The number of benzene rings is 1. The SMILES string of the molecule is CN(C(=O)C1=C(Cl)CCC=C1F)c1ncc(-c2cc(C(N)=O)ccc2Cl)cc1S(C)(=O)=O. The normalized spacial score (nSPS) is 14.2. The second kappa shape index (κ2) is 9.01. The average Bonchev–Trinajstić information content (AvgIpc) is 2.72. The van der Waals surface area contributed by atoms with E-state index in [9.17, 15) is 22.4 Å². The van der Waals surface area contributed by atoms with Crippen molar-refractivity contribution >= 4 is 50.7 Å². The molecule has 0 aliphatic heterocycles. The first kappa shape index (κ1) is 23.9. The van der Waals surface area contributed by atoms with E-state index in [1.165, 1.54) is 43.6 Å². The van der Waals surface area contributed by atoms with E-state index in [4.69, 9.17) is 28.9 Å². The van der Waals surface area contributed by atoms with E-state index in [2.05, 4.69) is 4.98 Å². The number of nitrogens with zero attached hydrogens (tertiary/aromatic N) is 2. The molecule has 2 amide bonds. The lowest BCUT2D eigenvalue weighted by atomic mass is 10.0. The molecule has 0 spiro atoms. The third-order valence-electron chi connectivity index (χ3n) is 4.83. The number of hydrogen-bond donors (Lipinski definition) is 1. The van der Waals surface area contributed by atoms with Crippen LogP contribution < -0.4 is 10.6 Å². The number of aromatic nitrogens is 1. The smallest absolute Gasteiger partial charge is 0.263 e. The second-order valence-corrected chi connectivity index (χ2v) is 9.96. The number of rotatable bonds is 5. The van der Waals surface area contributed by atoms with Crippen molar-refractivity contribution in [2.24, 2.45) is 5.73 Å². The number of carbonyl (C=O) groups is 2. The van der Waals surface area contributed by atoms with E-state index in [-0.39, 0.29) is 37.5 Å². The van der Waals surface area contributed by atoms with Gasteiger partial charge in [-0.1, -0.05) is 23.2 Å². The van der Waals surface area contributed by atoms with Crippen molar-refractivity contribution in [2.75, 3.05) is 18.2 Å². The van der Waals surface area contributed by atoms with Gasteiger partial charge in [0.2, 0.25) is 5.91 Å². The predicted octanol–water partition coefficient (Wildman–Crippen LogP) is 4.01. The fourth-order valence-electron chi connectivity index (χ4n) is 3.17. The number of anilines is 1. The maximum absolute atomic E-state index is 14.3. The Hall–Kier alpha value is -2.75. The van der Waals surface area contributed by atoms with Gasteiger partial charge in [-0.15, -0.1) is 0 Å². The molecule has 1 heterocycles. The molecule has 1 aromatic heterocycles. The zero-order valence-electron chi connectivity index (χ0n) is 17.0. The van der Waals surface area contributed by atoms with Crippen LogP contribution >= 0.6 is 23.2 Å². The fourth-order valence-corrected chi connectivity index (χ4v) is 4.54. The van der Waals surface area contributed by atoms with E-state index in [0.717, 1.165) is 11.2 Å². The van der Waals surface area contributed by atoms with Gasteiger partial charge in [0.1, 0.15) is 10.7 Å². The van der Waals surface area contributed by atoms with Crippen LogP contribution in [-0.4, -0.2) is 38.5 Å². The van der Waals surface area contributed by atoms with Gasteiger partial charge in [0, 0.05) is 46.2 Å². The largest absolute Gasteiger partial charge is 0.366 e. The number of likely N-dealkylation sites (N-methyl/N-ethyl adjacent to an activating group) is 1. The van der Waals surface area contributed by atoms with Crippen molar-refractivity contribution in [1.29, 1.82) is 0 Å². The molecule has 168 valence electrons. The molecule has 11 heteroatoms. The topological polar surface area (TPSA) is 110 Å². The van der Waals surface area contributed by atoms with Gasteiger partial charge in [-0.2, -0.15) is 0 Å². The minimum absolute atomic E-state index is 0.0504. The number of hydrogen-bond acceptors (Lipinski definition) is 5. The van der Waals surface area contributed by atoms with Crippen LogP contribution in [0.5, 0.6) is 0 Å². The maximum atomic E-state index is 14.3. The number of primary amides is 1. The van der Waals surface area contributed by atoms with Crippen molar-refractivity contribution < 1.29 is 22.4 Å². The molecule has 0 bridgehead atoms. The minimum Gasteiger partial charge on any atom is -0.366 e. The van der Waals surface area contributed by atoms with Crippen molar-refractivity contribution in [2.45, 2.75) is 17.7 Å². The molecule has 0 atom stereocenters. The number of allylic oxidation sites excluding steroid dienone is 2. The summed E-state index contributed by atoms with van der Waals surface area (Å²) in [4.78, 5) is 29.2. The highest BCUT2D eigenvalue weighted by molar-refractivity contribution is 7.90. The highest BCUT2D eigenvalue weighted by Crippen LogP contribution is 2.35. The van der Waals surface area contributed by atoms with Crippen LogP contribution in [-0.2, 0) is 14.6 Å². The van der Waals surface area contributed by atoms with Gasteiger partial charge in [-0.05, 0) is 43.2 Å². The maximum Gasteiger partial charge on any atom is 0.263 e. The molecule has 0 radical (unpaired) electrons. The van der Waals surface area contributed by atoms with Gasteiger partial charge in [0.25, 0.3) is 5.91 Å². The van der Waals surface area contributed by atoms with E-state index < -0.39 is 27.5 Å². The van der Waals surface area contributed by atoms with Crippen LogP contribution in [0.3, 0.4) is 0 Å². The summed E-state index contributed by atoms with van der Waals surface area (Å²) in [6.07, 6.45) is 4.14. The molecule has 1 aromatic carbocycles. The van der Waals surface area contributed by atoms with Crippen LogP contribution in [0.2, 0.25) is 5.02 Å². The minimum atomic E-state index is -3.89. The molecular weight excluding hydrogens is 480 g/mol. The zero-order valence-corrected chi connectivity index (χ0v) is 19.4. The number of pyridine rings is 1. The van der Waals surface area contributed by atoms with E-state index >= 15 is 0 Å². The number of amides is 2. The molecule has 2 aromatic rings. The lowest BCUT2D eigenvalue weighted by molar-refractivity contribution is -0.114. The van der Waals surface area contributed by atoms with Crippen LogP contribution in [0.1, 0.15) is 23.2 Å². The summed E-state index contributed by atoms with van der Waals surface area (Å²) in [6, 6.07) is 5.57. The molecule has 3 rings (SSSR count). The first-order valence-electron chi connectivity index (χ1n) is 9.24. The molecular formula is C21H18Cl2FN3O4S. The molecule has 1 aliphatic carbocycles. The molecule has 0 saturated carbocycles. The summed E-state index contributed by atoms with van der Waals surface area (Å²) >= 11 is 12.3. The quantitative estimate of drug-likeness (QED) is 0.670. The monoisotopic (exact) mass is 497 g/mol. The first-order valence-corrected chi connectivity index (χ1v) is 11.9. The van der Waals surface area contributed by atoms with Crippen LogP contribution in [0.15, 0.2) is 57.9 Å². The second-order valence-electron chi connectivity index (χ2n) is 7.11. The van der Waals surface area contributed by atoms with Crippen LogP contribution in [0.4, 0.5) is 10.2 Å². The van der Waals surface area contributed by atoms with E-state index in [0.29, 0.717) is 18.4 Å². The fraction of sp³-hybridized carbons (Fsp3) is 0.190. The first-order chi connectivity index (χ1) is 14.9. The number of halogens is 3. The average molecular weight is 498 g/mol. The van der Waals surface area contributed by atoms with Gasteiger partial charge in [0.15, 0.2) is 15.7 Å². The van der Waals surface area contributed by atoms with E-state index in [1.54, 1.807) is 0 Å². The van der Waals surface area contributed by atoms with Crippen molar-refractivity contribution in [3.05, 3.63) is 63.6 Å². The number of nitrogens with two attached hydrogens (primary N) is 1. The zero-order chi connectivity index (χ0) is 23.8. The Bertz CT molecular complexity index is 1310. The number of carbonyl (C=O) groups excluding carboxylic acids is 2. The number of sulfone groups is 1. The van der Waals surface area contributed by atoms with Crippen molar-refractivity contribution in [3.63, 3.8) is 0 Å². The Kier molecular flexibility index (Phi) is 6.73. The predicted molar refractivity (Wildman–Crippen MR) is 121 cm³/mol. The third-order valence-corrected chi connectivity index (χ3v) is 6.63. The van der Waals surface area contributed by atoms with Gasteiger partial charge in [0.05, 0.1) is 5.57 Å². The van der Waals surface area contributed by atoms with Crippen molar-refractivity contribution in [3.8, 4) is 11.1 Å². The van der Waals surface area contributed by atoms with Gasteiger partial charge < -0.3 is 5.73 Å². The van der Waals surface area contributed by atoms with Crippen LogP contribution in [0, 0.1) is 0 Å². The Morgan fingerprint density at radius 2 is 1.91 bits per heavy atom. The highest BCUT2D eigenvalue weighted by Gasteiger charge is 2.29. The lowest BCUT2D eigenvalue weighted by Crippen LogP contribution is -2.31. The molecule has 32 heavy (non-hydrogen) atoms. The Morgan fingerprint density at radius 3 is 2.50 bits per heavy atom. The summed E-state index contributed by atoms with van der Waals surface area (Å²) in [7, 11) is -2.61. The van der Waals surface area contributed by atoms with E-state index in [1.807, 2.05) is 0 Å². The molecule has 7 nitrogen and oxygen atoms in total. The van der Waals surface area contributed by atoms with Gasteiger partial charge in [-0.25, -0.2) is 17.8 Å².